The highest BCUT2D eigenvalue weighted by molar-refractivity contribution is 6.05. The fraction of sp³-hybridized carbons (Fsp3) is 0.423. The van der Waals surface area contributed by atoms with Gasteiger partial charge in [0.25, 0.3) is 5.56 Å². The quantitative estimate of drug-likeness (QED) is 0.504. The number of nitrogens with two attached hydrogens (primary N) is 1. The third kappa shape index (κ3) is 5.32. The highest BCUT2D eigenvalue weighted by Gasteiger charge is 2.25. The second-order valence-corrected chi connectivity index (χ2v) is 9.41. The van der Waals surface area contributed by atoms with Gasteiger partial charge in [-0.15, -0.1) is 0 Å². The molecule has 0 bridgehead atoms. The summed E-state index contributed by atoms with van der Waals surface area (Å²) >= 11 is 0. The van der Waals surface area contributed by atoms with Crippen molar-refractivity contribution in [3.8, 4) is 0 Å². The first-order valence-corrected chi connectivity index (χ1v) is 11.8. The molecule has 3 N–H and O–H groups in total. The van der Waals surface area contributed by atoms with E-state index in [1.54, 1.807) is 9.80 Å². The van der Waals surface area contributed by atoms with Crippen LogP contribution in [0.4, 0.5) is 17.2 Å². The average Bonchev–Trinajstić information content (AvgIpc) is 2.76. The third-order valence-corrected chi connectivity index (χ3v) is 5.66. The zero-order valence-electron chi connectivity index (χ0n) is 20.7. The number of nitrogens with one attached hydrogen (secondary N) is 1. The van der Waals surface area contributed by atoms with Crippen LogP contribution < -0.4 is 26.8 Å². The van der Waals surface area contributed by atoms with Crippen molar-refractivity contribution in [2.75, 3.05) is 35.2 Å². The average molecular weight is 466 g/mol. The molecule has 182 valence electrons. The molecule has 0 aliphatic carbocycles. The number of nitrogen functional groups attached to an aromatic ring is 1. The Morgan fingerprint density at radius 3 is 2.35 bits per heavy atom. The lowest BCUT2D eigenvalue weighted by Gasteiger charge is -2.30. The fourth-order valence-corrected chi connectivity index (χ4v) is 4.28. The van der Waals surface area contributed by atoms with Crippen LogP contribution >= 0.6 is 0 Å². The van der Waals surface area contributed by atoms with Gasteiger partial charge < -0.3 is 15.5 Å². The third-order valence-electron chi connectivity index (χ3n) is 5.66. The lowest BCUT2D eigenvalue weighted by Crippen LogP contribution is -2.46. The summed E-state index contributed by atoms with van der Waals surface area (Å²) in [6.07, 6.45) is 0. The number of carbonyl (C=O) groups excluding carboxylic acids is 1. The molecule has 0 unspecified atom stereocenters. The topological polar surface area (TPSA) is 104 Å². The molecular weight excluding hydrogens is 430 g/mol. The zero-order valence-corrected chi connectivity index (χ0v) is 20.7. The molecule has 0 aliphatic heterocycles. The van der Waals surface area contributed by atoms with Crippen LogP contribution in [-0.4, -0.2) is 35.1 Å². The van der Waals surface area contributed by atoms with E-state index in [2.05, 4.69) is 4.98 Å². The summed E-state index contributed by atoms with van der Waals surface area (Å²) in [7, 11) is 0. The summed E-state index contributed by atoms with van der Waals surface area (Å²) in [4.78, 5) is 44.7. The van der Waals surface area contributed by atoms with Crippen LogP contribution in [0.3, 0.4) is 0 Å². The predicted octanol–water partition coefficient (Wildman–Crippen LogP) is 3.44. The smallest absolute Gasteiger partial charge is 0.330 e. The monoisotopic (exact) mass is 465 g/mol. The number of anilines is 3. The van der Waals surface area contributed by atoms with Crippen LogP contribution in [0.2, 0.25) is 0 Å². The fourth-order valence-electron chi connectivity index (χ4n) is 4.28. The number of fused-ring (bicyclic) bond motifs is 1. The number of nitrogens with zero attached hydrogens (tertiary/aromatic N) is 3. The number of carbonyl (C=O) groups is 1. The van der Waals surface area contributed by atoms with Crippen LogP contribution in [0, 0.1) is 11.8 Å². The second kappa shape index (κ2) is 10.6. The highest BCUT2D eigenvalue weighted by atomic mass is 16.2. The van der Waals surface area contributed by atoms with Gasteiger partial charge in [0.15, 0.2) is 0 Å². The Bertz CT molecular complexity index is 1270. The van der Waals surface area contributed by atoms with Gasteiger partial charge in [-0.1, -0.05) is 64.1 Å². The van der Waals surface area contributed by atoms with Gasteiger partial charge >= 0.3 is 5.69 Å². The van der Waals surface area contributed by atoms with E-state index in [0.29, 0.717) is 19.6 Å². The van der Waals surface area contributed by atoms with Crippen molar-refractivity contribution >= 4 is 33.9 Å². The van der Waals surface area contributed by atoms with Crippen molar-refractivity contribution in [3.05, 3.63) is 63.3 Å². The van der Waals surface area contributed by atoms with Gasteiger partial charge in [-0.25, -0.2) is 4.79 Å². The Balaban J connectivity index is 2.04. The van der Waals surface area contributed by atoms with Crippen molar-refractivity contribution in [1.82, 2.24) is 9.55 Å². The first-order valence-electron chi connectivity index (χ1n) is 11.8. The summed E-state index contributed by atoms with van der Waals surface area (Å²) in [5.74, 6) is 0.245. The van der Waals surface area contributed by atoms with Crippen molar-refractivity contribution in [2.45, 2.75) is 41.2 Å². The molecule has 0 spiro atoms. The molecule has 34 heavy (non-hydrogen) atoms. The lowest BCUT2D eigenvalue weighted by atomic mass is 10.1. The molecule has 8 heteroatoms. The number of likely N-dealkylation sites (N-methyl/N-ethyl adjacent to an activating group) is 1. The number of aromatic nitrogens is 2. The maximum Gasteiger partial charge on any atom is 0.330 e. The Labute approximate surface area is 200 Å². The minimum absolute atomic E-state index is 0.0393. The SMILES string of the molecule is CCN(C(=O)CN(CC(C)C)c1c(N)n(CC(C)C)c(=O)[nH]c1=O)c1cccc2ccccc12. The van der Waals surface area contributed by atoms with Gasteiger partial charge in [0.1, 0.15) is 11.5 Å². The molecule has 1 amide bonds. The summed E-state index contributed by atoms with van der Waals surface area (Å²) in [6, 6.07) is 13.8. The van der Waals surface area contributed by atoms with Crippen LogP contribution in [-0.2, 0) is 11.3 Å². The van der Waals surface area contributed by atoms with E-state index >= 15 is 0 Å². The van der Waals surface area contributed by atoms with E-state index in [-0.39, 0.29) is 35.8 Å². The molecule has 1 heterocycles. The van der Waals surface area contributed by atoms with E-state index in [9.17, 15) is 14.4 Å². The Hall–Kier alpha value is -3.55. The van der Waals surface area contributed by atoms with Gasteiger partial charge in [-0.2, -0.15) is 0 Å². The number of rotatable bonds is 9. The van der Waals surface area contributed by atoms with Gasteiger partial charge in [-0.3, -0.25) is 19.1 Å². The van der Waals surface area contributed by atoms with E-state index in [4.69, 9.17) is 5.73 Å². The zero-order chi connectivity index (χ0) is 25.0. The molecule has 0 atom stereocenters. The molecule has 3 rings (SSSR count). The van der Waals surface area contributed by atoms with E-state index in [1.807, 2.05) is 77.1 Å². The van der Waals surface area contributed by atoms with Crippen molar-refractivity contribution < 1.29 is 4.79 Å². The van der Waals surface area contributed by atoms with Crippen LogP contribution in [0.15, 0.2) is 52.1 Å². The second-order valence-electron chi connectivity index (χ2n) is 9.41. The first kappa shape index (κ1) is 25.1. The summed E-state index contributed by atoms with van der Waals surface area (Å²) in [6.45, 7) is 11.1. The summed E-state index contributed by atoms with van der Waals surface area (Å²) < 4.78 is 1.38. The maximum absolute atomic E-state index is 13.6. The van der Waals surface area contributed by atoms with Crippen LogP contribution in [0.25, 0.3) is 10.8 Å². The van der Waals surface area contributed by atoms with Crippen molar-refractivity contribution in [3.63, 3.8) is 0 Å². The minimum atomic E-state index is -0.579. The summed E-state index contributed by atoms with van der Waals surface area (Å²) in [5.41, 5.74) is 6.22. The van der Waals surface area contributed by atoms with E-state index in [1.165, 1.54) is 4.57 Å². The molecular formula is C26H35N5O3. The molecule has 3 aromatic rings. The van der Waals surface area contributed by atoms with Crippen LogP contribution in [0.1, 0.15) is 34.6 Å². The Morgan fingerprint density at radius 2 is 1.71 bits per heavy atom. The largest absolute Gasteiger partial charge is 0.383 e. The number of H-pyrrole nitrogens is 1. The normalized spacial score (nSPS) is 11.4. The Morgan fingerprint density at radius 1 is 1.03 bits per heavy atom. The minimum Gasteiger partial charge on any atom is -0.383 e. The number of amides is 1. The molecule has 8 nitrogen and oxygen atoms in total. The van der Waals surface area contributed by atoms with E-state index < -0.39 is 11.2 Å². The number of aromatic amines is 1. The molecule has 0 aliphatic rings. The molecule has 0 radical (unpaired) electrons. The predicted molar refractivity (Wildman–Crippen MR) is 140 cm³/mol. The van der Waals surface area contributed by atoms with Gasteiger partial charge in [0.05, 0.1) is 12.2 Å². The molecule has 2 aromatic carbocycles. The summed E-state index contributed by atoms with van der Waals surface area (Å²) in [5, 5.41) is 2.03. The van der Waals surface area contributed by atoms with Crippen LogP contribution in [0.5, 0.6) is 0 Å². The van der Waals surface area contributed by atoms with Gasteiger partial charge in [0.2, 0.25) is 5.91 Å². The highest BCUT2D eigenvalue weighted by Crippen LogP contribution is 2.27. The number of benzene rings is 2. The maximum atomic E-state index is 13.6. The Kier molecular flexibility index (Phi) is 7.81. The molecule has 1 aromatic heterocycles. The lowest BCUT2D eigenvalue weighted by molar-refractivity contribution is -0.117. The van der Waals surface area contributed by atoms with Crippen molar-refractivity contribution in [2.24, 2.45) is 11.8 Å². The first-order chi connectivity index (χ1) is 16.1. The van der Waals surface area contributed by atoms with Crippen molar-refractivity contribution in [1.29, 1.82) is 0 Å². The number of hydrogen-bond acceptors (Lipinski definition) is 5. The molecule has 0 saturated heterocycles. The number of hydrogen-bond donors (Lipinski definition) is 2. The molecule has 0 fully saturated rings. The standard InChI is InChI=1S/C26H35N5O3/c1-6-30(21-13-9-11-19-10-7-8-12-20(19)21)22(32)16-29(14-17(2)3)23-24(27)31(15-18(4)5)26(34)28-25(23)33/h7-13,17-18H,6,14-16,27H2,1-5H3,(H,28,33,34). The molecule has 0 saturated carbocycles. The van der Waals surface area contributed by atoms with E-state index in [0.717, 1.165) is 16.5 Å². The van der Waals surface area contributed by atoms with Gasteiger partial charge in [0, 0.05) is 25.0 Å². The van der Waals surface area contributed by atoms with Gasteiger partial charge in [-0.05, 0) is 30.2 Å².